The second kappa shape index (κ2) is 6.04. The molecule has 0 bridgehead atoms. The molecule has 0 heterocycles. The highest BCUT2D eigenvalue weighted by Crippen LogP contribution is 2.37. The van der Waals surface area contributed by atoms with Gasteiger partial charge in [-0.05, 0) is 17.9 Å². The Morgan fingerprint density at radius 3 is 2.64 bits per heavy atom. The Morgan fingerprint density at radius 2 is 2.21 bits per heavy atom. The van der Waals surface area contributed by atoms with Crippen molar-refractivity contribution in [2.24, 2.45) is 11.0 Å². The summed E-state index contributed by atoms with van der Waals surface area (Å²) in [5, 5.41) is 3.50. The fourth-order valence-corrected chi connectivity index (χ4v) is 1.58. The van der Waals surface area contributed by atoms with Crippen molar-refractivity contribution in [3.63, 3.8) is 0 Å². The molecule has 0 saturated heterocycles. The first-order valence-electron chi connectivity index (χ1n) is 4.34. The molecule has 3 unspecified atom stereocenters. The van der Waals surface area contributed by atoms with E-state index in [0.717, 1.165) is 6.66 Å². The van der Waals surface area contributed by atoms with Crippen LogP contribution in [0.1, 0.15) is 20.3 Å². The molecule has 3 atom stereocenters. The lowest BCUT2D eigenvalue weighted by atomic mass is 10.1. The lowest BCUT2D eigenvalue weighted by molar-refractivity contribution is 0.217. The van der Waals surface area contributed by atoms with Crippen molar-refractivity contribution in [3.8, 4) is 0 Å². The molecular formula is C7H16N3O3P. The zero-order chi connectivity index (χ0) is 11.2. The van der Waals surface area contributed by atoms with Crippen molar-refractivity contribution in [3.05, 3.63) is 10.4 Å². The number of hydrogen-bond donors (Lipinski definition) is 1. The molecule has 82 valence electrons. The van der Waals surface area contributed by atoms with Crippen molar-refractivity contribution in [1.29, 1.82) is 0 Å². The van der Waals surface area contributed by atoms with Gasteiger partial charge in [-0.2, -0.15) is 0 Å². The van der Waals surface area contributed by atoms with E-state index in [1.807, 2.05) is 6.92 Å². The second-order valence-corrected chi connectivity index (χ2v) is 5.36. The van der Waals surface area contributed by atoms with E-state index in [0.29, 0.717) is 6.42 Å². The number of rotatable bonds is 6. The molecule has 6 nitrogen and oxygen atoms in total. The van der Waals surface area contributed by atoms with Crippen LogP contribution < -0.4 is 0 Å². The SMILES string of the molecule is CC(COP(C)(=O)O)CC(C)N=[N+]=[N-]. The van der Waals surface area contributed by atoms with Crippen molar-refractivity contribution >= 4 is 7.60 Å². The van der Waals surface area contributed by atoms with Crippen LogP contribution in [0.5, 0.6) is 0 Å². The van der Waals surface area contributed by atoms with E-state index in [4.69, 9.17) is 14.9 Å². The van der Waals surface area contributed by atoms with Crippen molar-refractivity contribution < 1.29 is 14.0 Å². The normalized spacial score (nSPS) is 19.1. The van der Waals surface area contributed by atoms with Crippen molar-refractivity contribution in [2.45, 2.75) is 26.3 Å². The van der Waals surface area contributed by atoms with Crippen LogP contribution >= 0.6 is 7.60 Å². The molecule has 7 heteroatoms. The standard InChI is InChI=1S/C7H16N3O3P/c1-6(4-7(2)9-10-8)5-13-14(3,11)12/h6-7H,4-5H2,1-3H3,(H,11,12). The van der Waals surface area contributed by atoms with Gasteiger partial charge < -0.3 is 9.42 Å². The fraction of sp³-hybridized carbons (Fsp3) is 1.00. The average Bonchev–Trinajstić information content (AvgIpc) is 2.00. The van der Waals surface area contributed by atoms with Crippen LogP contribution in [0, 0.1) is 5.92 Å². The molecule has 0 rings (SSSR count). The van der Waals surface area contributed by atoms with Crippen LogP contribution in [-0.2, 0) is 9.09 Å². The van der Waals surface area contributed by atoms with Gasteiger partial charge in [0.2, 0.25) is 0 Å². The van der Waals surface area contributed by atoms with E-state index in [1.54, 1.807) is 6.92 Å². The highest BCUT2D eigenvalue weighted by atomic mass is 31.2. The van der Waals surface area contributed by atoms with E-state index >= 15 is 0 Å². The molecule has 0 spiro atoms. The molecule has 0 aliphatic carbocycles. The van der Waals surface area contributed by atoms with Crippen LogP contribution in [0.2, 0.25) is 0 Å². The third-order valence-corrected chi connectivity index (χ3v) is 2.22. The van der Waals surface area contributed by atoms with Crippen LogP contribution in [0.3, 0.4) is 0 Å². The van der Waals surface area contributed by atoms with Gasteiger partial charge in [-0.1, -0.05) is 19.0 Å². The monoisotopic (exact) mass is 221 g/mol. The Labute approximate surface area is 83.4 Å². The van der Waals surface area contributed by atoms with Crippen LogP contribution in [0.15, 0.2) is 5.11 Å². The Balaban J connectivity index is 3.81. The summed E-state index contributed by atoms with van der Waals surface area (Å²) in [7, 11) is -3.38. The molecule has 14 heavy (non-hydrogen) atoms. The summed E-state index contributed by atoms with van der Waals surface area (Å²) in [5.74, 6) is 0.0934. The highest BCUT2D eigenvalue weighted by molar-refractivity contribution is 7.51. The smallest absolute Gasteiger partial charge is 0.324 e. The van der Waals surface area contributed by atoms with Gasteiger partial charge in [0.1, 0.15) is 0 Å². The first-order chi connectivity index (χ1) is 6.35. The van der Waals surface area contributed by atoms with Crippen molar-refractivity contribution in [2.75, 3.05) is 13.3 Å². The van der Waals surface area contributed by atoms with E-state index in [-0.39, 0.29) is 18.6 Å². The Morgan fingerprint density at radius 1 is 1.64 bits per heavy atom. The largest absolute Gasteiger partial charge is 0.325 e. The Bertz CT molecular complexity index is 259. The number of nitrogens with zero attached hydrogens (tertiary/aromatic N) is 3. The molecule has 1 N–H and O–H groups in total. The molecule has 0 fully saturated rings. The summed E-state index contributed by atoms with van der Waals surface area (Å²) in [6.07, 6.45) is 0.643. The molecule has 0 amide bonds. The van der Waals surface area contributed by atoms with Crippen molar-refractivity contribution in [1.82, 2.24) is 0 Å². The molecule has 0 aromatic rings. The highest BCUT2D eigenvalue weighted by Gasteiger charge is 2.14. The number of azide groups is 1. The lowest BCUT2D eigenvalue weighted by Crippen LogP contribution is -2.10. The summed E-state index contributed by atoms with van der Waals surface area (Å²) < 4.78 is 15.5. The molecule has 0 saturated carbocycles. The first-order valence-corrected chi connectivity index (χ1v) is 6.36. The quantitative estimate of drug-likeness (QED) is 0.323. The predicted octanol–water partition coefficient (Wildman–Crippen LogP) is 2.54. The van der Waals surface area contributed by atoms with E-state index < -0.39 is 7.60 Å². The van der Waals surface area contributed by atoms with E-state index in [1.165, 1.54) is 0 Å². The van der Waals surface area contributed by atoms with Crippen LogP contribution in [-0.4, -0.2) is 24.2 Å². The minimum atomic E-state index is -3.38. The van der Waals surface area contributed by atoms with Gasteiger partial charge in [0.05, 0.1) is 6.61 Å². The maximum absolute atomic E-state index is 10.8. The van der Waals surface area contributed by atoms with Gasteiger partial charge in [0.15, 0.2) is 0 Å². The van der Waals surface area contributed by atoms with E-state index in [2.05, 4.69) is 10.0 Å². The molecule has 0 aromatic heterocycles. The van der Waals surface area contributed by atoms with Gasteiger partial charge in [-0.3, -0.25) is 4.57 Å². The zero-order valence-corrected chi connectivity index (χ0v) is 9.52. The van der Waals surface area contributed by atoms with Crippen LogP contribution in [0.4, 0.5) is 0 Å². The Hall–Kier alpha value is -0.540. The summed E-state index contributed by atoms with van der Waals surface area (Å²) in [6, 6.07) is -0.117. The van der Waals surface area contributed by atoms with Gasteiger partial charge in [-0.15, -0.1) is 0 Å². The van der Waals surface area contributed by atoms with Gasteiger partial charge in [0.25, 0.3) is 0 Å². The van der Waals surface area contributed by atoms with Crippen LogP contribution in [0.25, 0.3) is 10.4 Å². The predicted molar refractivity (Wildman–Crippen MR) is 54.1 cm³/mol. The maximum Gasteiger partial charge on any atom is 0.325 e. The summed E-state index contributed by atoms with van der Waals surface area (Å²) in [6.45, 7) is 5.02. The number of hydrogen-bond acceptors (Lipinski definition) is 3. The zero-order valence-electron chi connectivity index (χ0n) is 8.62. The average molecular weight is 221 g/mol. The molecule has 0 aromatic carbocycles. The third kappa shape index (κ3) is 8.08. The van der Waals surface area contributed by atoms with E-state index in [9.17, 15) is 4.57 Å². The Kier molecular flexibility index (Phi) is 5.81. The van der Waals surface area contributed by atoms with Gasteiger partial charge in [0, 0.05) is 17.6 Å². The first kappa shape index (κ1) is 13.5. The van der Waals surface area contributed by atoms with Gasteiger partial charge in [-0.25, -0.2) is 0 Å². The third-order valence-electron chi connectivity index (χ3n) is 1.59. The molecule has 0 aliphatic heterocycles. The molecular weight excluding hydrogens is 205 g/mol. The lowest BCUT2D eigenvalue weighted by Gasteiger charge is -2.14. The fourth-order valence-electron chi connectivity index (χ4n) is 1.05. The summed E-state index contributed by atoms with van der Waals surface area (Å²) in [5.41, 5.74) is 8.15. The van der Waals surface area contributed by atoms with Gasteiger partial charge >= 0.3 is 7.60 Å². The summed E-state index contributed by atoms with van der Waals surface area (Å²) >= 11 is 0. The molecule has 0 radical (unpaired) electrons. The summed E-state index contributed by atoms with van der Waals surface area (Å²) in [4.78, 5) is 11.5. The maximum atomic E-state index is 10.8. The second-order valence-electron chi connectivity index (χ2n) is 3.49. The topological polar surface area (TPSA) is 95.3 Å². The minimum Gasteiger partial charge on any atom is -0.324 e. The minimum absolute atomic E-state index is 0.0934. The molecule has 0 aliphatic rings.